The van der Waals surface area contributed by atoms with Crippen LogP contribution < -0.4 is 20.3 Å². The van der Waals surface area contributed by atoms with Crippen LogP contribution in [0.2, 0.25) is 10.0 Å². The summed E-state index contributed by atoms with van der Waals surface area (Å²) in [6, 6.07) is 11.1. The van der Waals surface area contributed by atoms with E-state index in [0.29, 0.717) is 34.9 Å². The van der Waals surface area contributed by atoms with E-state index in [1.54, 1.807) is 30.3 Å². The first kappa shape index (κ1) is 26.7. The second kappa shape index (κ2) is 11.8. The quantitative estimate of drug-likeness (QED) is 0.277. The van der Waals surface area contributed by atoms with Crippen molar-refractivity contribution in [2.45, 2.75) is 32.3 Å². The Morgan fingerprint density at radius 2 is 1.92 bits per heavy atom. The van der Waals surface area contributed by atoms with Crippen LogP contribution in [-0.2, 0) is 4.84 Å². The molecule has 1 aromatic heterocycles. The Balaban J connectivity index is 1.54. The van der Waals surface area contributed by atoms with Crippen LogP contribution in [0.4, 0.5) is 10.1 Å². The molecule has 37 heavy (non-hydrogen) atoms. The van der Waals surface area contributed by atoms with E-state index >= 15 is 0 Å². The van der Waals surface area contributed by atoms with Crippen molar-refractivity contribution in [1.82, 2.24) is 10.5 Å². The summed E-state index contributed by atoms with van der Waals surface area (Å²) in [5, 5.41) is 3.15. The highest BCUT2D eigenvalue weighted by atomic mass is 35.5. The maximum Gasteiger partial charge on any atom is 0.255 e. The smallest absolute Gasteiger partial charge is 0.255 e. The number of pyridine rings is 1. The summed E-state index contributed by atoms with van der Waals surface area (Å²) in [6.45, 7) is 4.49. The van der Waals surface area contributed by atoms with Crippen molar-refractivity contribution in [1.29, 1.82) is 0 Å². The molecule has 0 saturated carbocycles. The number of halogens is 3. The minimum absolute atomic E-state index is 0.0933. The summed E-state index contributed by atoms with van der Waals surface area (Å²) in [5.74, 6) is 0.0866. The summed E-state index contributed by atoms with van der Waals surface area (Å²) in [6.07, 6.45) is 6.44. The number of hydrogen-bond donors (Lipinski definition) is 2. The Labute approximate surface area is 224 Å². The second-order valence-corrected chi connectivity index (χ2v) is 9.48. The molecule has 3 aromatic rings. The number of carbonyl (C=O) groups is 1. The monoisotopic (exact) mass is 545 g/mol. The molecule has 10 heteroatoms. The van der Waals surface area contributed by atoms with Gasteiger partial charge in [-0.2, -0.15) is 0 Å². The molecule has 4 rings (SSSR count). The lowest BCUT2D eigenvalue weighted by atomic mass is 10.0. The average Bonchev–Trinajstić information content (AvgIpc) is 3.28. The van der Waals surface area contributed by atoms with Crippen molar-refractivity contribution in [3.63, 3.8) is 0 Å². The topological polar surface area (TPSA) is 81.7 Å². The Morgan fingerprint density at radius 3 is 2.65 bits per heavy atom. The Hall–Kier alpha value is -3.33. The summed E-state index contributed by atoms with van der Waals surface area (Å²) in [5.41, 5.74) is 3.84. The summed E-state index contributed by atoms with van der Waals surface area (Å²) in [4.78, 5) is 22.6. The molecule has 2 heterocycles. The average molecular weight is 546 g/mol. The van der Waals surface area contributed by atoms with E-state index in [0.717, 1.165) is 12.8 Å². The summed E-state index contributed by atoms with van der Waals surface area (Å²) >= 11 is 12.3. The van der Waals surface area contributed by atoms with Crippen molar-refractivity contribution in [3.05, 3.63) is 87.9 Å². The van der Waals surface area contributed by atoms with Crippen LogP contribution in [-0.4, -0.2) is 29.7 Å². The predicted octanol–water partition coefficient (Wildman–Crippen LogP) is 6.67. The molecule has 194 valence electrons. The molecule has 2 aromatic carbocycles. The van der Waals surface area contributed by atoms with Gasteiger partial charge in [-0.25, -0.2) is 4.39 Å². The van der Waals surface area contributed by atoms with E-state index in [2.05, 4.69) is 22.7 Å². The van der Waals surface area contributed by atoms with Crippen LogP contribution in [0.1, 0.15) is 42.6 Å². The van der Waals surface area contributed by atoms with Gasteiger partial charge in [-0.3, -0.25) is 20.1 Å². The van der Waals surface area contributed by atoms with Crippen LogP contribution in [0.3, 0.4) is 0 Å². The van der Waals surface area contributed by atoms with Crippen LogP contribution >= 0.6 is 23.2 Å². The highest BCUT2D eigenvalue weighted by Crippen LogP contribution is 2.33. The van der Waals surface area contributed by atoms with E-state index in [9.17, 15) is 9.18 Å². The van der Waals surface area contributed by atoms with Crippen LogP contribution in [0.5, 0.6) is 11.5 Å². The van der Waals surface area contributed by atoms with E-state index < -0.39 is 11.5 Å². The highest BCUT2D eigenvalue weighted by molar-refractivity contribution is 6.39. The zero-order valence-corrected chi connectivity index (χ0v) is 21.8. The first-order valence-electron chi connectivity index (χ1n) is 11.7. The number of hydroxylamine groups is 1. The van der Waals surface area contributed by atoms with Crippen molar-refractivity contribution < 1.29 is 23.5 Å². The van der Waals surface area contributed by atoms with E-state index in [1.807, 2.05) is 13.0 Å². The van der Waals surface area contributed by atoms with Crippen molar-refractivity contribution in [3.8, 4) is 11.5 Å². The van der Waals surface area contributed by atoms with Crippen LogP contribution in [0.25, 0.3) is 5.70 Å². The molecule has 1 unspecified atom stereocenters. The number of anilines is 1. The number of amides is 1. The first-order valence-corrected chi connectivity index (χ1v) is 12.5. The number of unbranched alkanes of at least 4 members (excludes halogenated alkanes) is 1. The van der Waals surface area contributed by atoms with Gasteiger partial charge in [0, 0.05) is 23.5 Å². The Kier molecular flexibility index (Phi) is 8.53. The number of hydrogen-bond acceptors (Lipinski definition) is 6. The SMILES string of the molecule is CCCCOc1ccc(C(=O)Nc2c(Cl)cncc2Cl)cc1OCC1(C)C=C(c2cccc(F)c2)NO1. The predicted molar refractivity (Wildman–Crippen MR) is 142 cm³/mol. The van der Waals surface area contributed by atoms with Crippen LogP contribution in [0, 0.1) is 5.82 Å². The fraction of sp³-hybridized carbons (Fsp3) is 0.259. The minimum atomic E-state index is -0.862. The van der Waals surface area contributed by atoms with Crippen LogP contribution in [0.15, 0.2) is 60.9 Å². The normalized spacial score (nSPS) is 16.6. The molecule has 1 aliphatic rings. The molecule has 1 aliphatic heterocycles. The van der Waals surface area contributed by atoms with Gasteiger partial charge >= 0.3 is 0 Å². The number of rotatable bonds is 10. The van der Waals surface area contributed by atoms with Gasteiger partial charge < -0.3 is 14.8 Å². The second-order valence-electron chi connectivity index (χ2n) is 8.67. The van der Waals surface area contributed by atoms with Crippen molar-refractivity contribution >= 4 is 40.5 Å². The van der Waals surface area contributed by atoms with Crippen molar-refractivity contribution in [2.75, 3.05) is 18.5 Å². The third-order valence-electron chi connectivity index (χ3n) is 5.55. The molecule has 7 nitrogen and oxygen atoms in total. The van der Waals surface area contributed by atoms with Gasteiger partial charge in [-0.1, -0.05) is 48.7 Å². The molecule has 0 fully saturated rings. The number of ether oxygens (including phenoxy) is 2. The lowest BCUT2D eigenvalue weighted by Gasteiger charge is -2.22. The number of nitrogens with zero attached hydrogens (tertiary/aromatic N) is 1. The molecule has 0 radical (unpaired) electrons. The van der Waals surface area contributed by atoms with E-state index in [1.165, 1.54) is 24.5 Å². The summed E-state index contributed by atoms with van der Waals surface area (Å²) in [7, 11) is 0. The van der Waals surface area contributed by atoms with Gasteiger partial charge in [0.2, 0.25) is 0 Å². The largest absolute Gasteiger partial charge is 0.490 e. The summed E-state index contributed by atoms with van der Waals surface area (Å²) < 4.78 is 25.7. The van der Waals surface area contributed by atoms with Gasteiger partial charge in [0.1, 0.15) is 18.0 Å². The molecule has 1 atom stereocenters. The molecule has 0 saturated heterocycles. The third-order valence-corrected chi connectivity index (χ3v) is 6.12. The molecule has 0 spiro atoms. The standard InChI is InChI=1S/C27H26Cl2FN3O4/c1-3-4-10-35-23-9-8-18(26(34)32-25-20(28)14-31-15-21(25)29)12-24(23)36-16-27(2)13-22(33-37-27)17-6-5-7-19(30)11-17/h5-9,11-15,33H,3-4,10,16H2,1-2H3,(H,31,32,34). The third kappa shape index (κ3) is 6.71. The lowest BCUT2D eigenvalue weighted by Crippen LogP contribution is -2.33. The van der Waals surface area contributed by atoms with Gasteiger partial charge in [0.15, 0.2) is 11.5 Å². The number of nitrogens with one attached hydrogen (secondary N) is 2. The highest BCUT2D eigenvalue weighted by Gasteiger charge is 2.32. The molecule has 0 bridgehead atoms. The Morgan fingerprint density at radius 1 is 1.14 bits per heavy atom. The van der Waals surface area contributed by atoms with Gasteiger partial charge in [-0.05, 0) is 49.8 Å². The van der Waals surface area contributed by atoms with Gasteiger partial charge in [0.25, 0.3) is 5.91 Å². The molecular formula is C27H26Cl2FN3O4. The zero-order valence-electron chi connectivity index (χ0n) is 20.3. The number of benzene rings is 2. The fourth-order valence-electron chi connectivity index (χ4n) is 3.55. The van der Waals surface area contributed by atoms with Gasteiger partial charge in [-0.15, -0.1) is 0 Å². The van der Waals surface area contributed by atoms with E-state index in [-0.39, 0.29) is 28.2 Å². The molecule has 0 aliphatic carbocycles. The molecule has 2 N–H and O–H groups in total. The molecular weight excluding hydrogens is 520 g/mol. The minimum Gasteiger partial charge on any atom is -0.490 e. The maximum absolute atomic E-state index is 13.7. The number of carbonyl (C=O) groups excluding carboxylic acids is 1. The lowest BCUT2D eigenvalue weighted by molar-refractivity contribution is -0.0476. The first-order chi connectivity index (χ1) is 17.8. The van der Waals surface area contributed by atoms with Crippen molar-refractivity contribution in [2.24, 2.45) is 0 Å². The van der Waals surface area contributed by atoms with E-state index in [4.69, 9.17) is 37.5 Å². The fourth-order valence-corrected chi connectivity index (χ4v) is 4.01. The Bertz CT molecular complexity index is 1300. The zero-order chi connectivity index (χ0) is 26.4. The van der Waals surface area contributed by atoms with Gasteiger partial charge in [0.05, 0.1) is 28.0 Å². The molecule has 1 amide bonds. The maximum atomic E-state index is 13.7. The number of aromatic nitrogens is 1.